The van der Waals surface area contributed by atoms with Crippen LogP contribution in [0.15, 0.2) is 41.3 Å². The molecule has 12 heteroatoms. The van der Waals surface area contributed by atoms with Gasteiger partial charge in [0.1, 0.15) is 21.7 Å². The predicted molar refractivity (Wildman–Crippen MR) is 144 cm³/mol. The van der Waals surface area contributed by atoms with E-state index >= 15 is 0 Å². The lowest BCUT2D eigenvalue weighted by atomic mass is 10.3. The van der Waals surface area contributed by atoms with Gasteiger partial charge in [-0.3, -0.25) is 9.69 Å². The third-order valence-electron chi connectivity index (χ3n) is 5.18. The van der Waals surface area contributed by atoms with E-state index < -0.39 is 9.84 Å². The summed E-state index contributed by atoms with van der Waals surface area (Å²) in [6.45, 7) is 1.17. The smallest absolute Gasteiger partial charge is 0.229 e. The van der Waals surface area contributed by atoms with Gasteiger partial charge in [0.2, 0.25) is 5.91 Å². The number of rotatable bonds is 11. The highest BCUT2D eigenvalue weighted by molar-refractivity contribution is 7.91. The maximum Gasteiger partial charge on any atom is 0.229 e. The lowest BCUT2D eigenvalue weighted by Gasteiger charge is -2.21. The van der Waals surface area contributed by atoms with Crippen LogP contribution in [0.2, 0.25) is 5.02 Å². The number of amides is 1. The summed E-state index contributed by atoms with van der Waals surface area (Å²) in [5.74, 6) is 0.581. The largest absolute Gasteiger partial charge is 0.495 e. The minimum absolute atomic E-state index is 0. The standard InChI is InChI=1S/C23H28ClN3O5S2.ClH/c1-26(2)13-5-14-27(20(28)12-15-34(29,30)17-8-6-16(24)7-9-17)23-25-21-18(31-3)10-11-19(32-4)22(21)33-23;/h6-11H,5,12-15H2,1-4H3;1H. The number of aromatic nitrogens is 1. The number of methoxy groups -OCH3 is 2. The van der Waals surface area contributed by atoms with E-state index in [1.165, 1.54) is 35.6 Å². The van der Waals surface area contributed by atoms with Crippen molar-refractivity contribution in [3.8, 4) is 11.5 Å². The highest BCUT2D eigenvalue weighted by Gasteiger charge is 2.24. The maximum absolute atomic E-state index is 13.3. The van der Waals surface area contributed by atoms with Gasteiger partial charge in [-0.1, -0.05) is 22.9 Å². The summed E-state index contributed by atoms with van der Waals surface area (Å²) >= 11 is 7.18. The van der Waals surface area contributed by atoms with Gasteiger partial charge in [0, 0.05) is 18.0 Å². The normalized spacial score (nSPS) is 11.4. The molecule has 0 radical (unpaired) electrons. The van der Waals surface area contributed by atoms with Gasteiger partial charge in [0.25, 0.3) is 0 Å². The van der Waals surface area contributed by atoms with Crippen molar-refractivity contribution in [3.05, 3.63) is 41.4 Å². The highest BCUT2D eigenvalue weighted by Crippen LogP contribution is 2.40. The van der Waals surface area contributed by atoms with Gasteiger partial charge in [-0.15, -0.1) is 12.4 Å². The summed E-state index contributed by atoms with van der Waals surface area (Å²) in [6.07, 6.45) is 0.532. The van der Waals surface area contributed by atoms with Crippen molar-refractivity contribution in [2.45, 2.75) is 17.7 Å². The molecular formula is C23H29Cl2N3O5S2. The molecule has 0 fully saturated rings. The molecule has 1 heterocycles. The van der Waals surface area contributed by atoms with Crippen molar-refractivity contribution >= 4 is 66.4 Å². The molecule has 0 unspecified atom stereocenters. The summed E-state index contributed by atoms with van der Waals surface area (Å²) in [5.41, 5.74) is 0.598. The number of thiazole rings is 1. The molecule has 3 aromatic rings. The third kappa shape index (κ3) is 7.20. The van der Waals surface area contributed by atoms with Crippen molar-refractivity contribution < 1.29 is 22.7 Å². The van der Waals surface area contributed by atoms with E-state index in [-0.39, 0.29) is 35.4 Å². The zero-order valence-electron chi connectivity index (χ0n) is 20.0. The lowest BCUT2D eigenvalue weighted by molar-refractivity contribution is -0.118. The minimum Gasteiger partial charge on any atom is -0.495 e. The molecule has 0 saturated carbocycles. The van der Waals surface area contributed by atoms with Gasteiger partial charge in [-0.05, 0) is 63.5 Å². The Balaban J connectivity index is 0.00000432. The van der Waals surface area contributed by atoms with Crippen LogP contribution >= 0.6 is 35.3 Å². The highest BCUT2D eigenvalue weighted by atomic mass is 35.5. The second kappa shape index (κ2) is 12.7. The zero-order valence-corrected chi connectivity index (χ0v) is 23.2. The quantitative estimate of drug-likeness (QED) is 0.339. The van der Waals surface area contributed by atoms with Crippen LogP contribution < -0.4 is 14.4 Å². The Morgan fingerprint density at radius 3 is 2.26 bits per heavy atom. The molecule has 2 aromatic carbocycles. The van der Waals surface area contributed by atoms with E-state index in [0.717, 1.165) is 11.2 Å². The molecule has 0 spiro atoms. The van der Waals surface area contributed by atoms with Crippen LogP contribution in [0.5, 0.6) is 11.5 Å². The first-order valence-electron chi connectivity index (χ1n) is 10.6. The van der Waals surface area contributed by atoms with Crippen molar-refractivity contribution in [2.75, 3.05) is 52.1 Å². The van der Waals surface area contributed by atoms with Crippen molar-refractivity contribution in [1.29, 1.82) is 0 Å². The summed E-state index contributed by atoms with van der Waals surface area (Å²) in [6, 6.07) is 9.49. The molecule has 1 amide bonds. The van der Waals surface area contributed by atoms with Gasteiger partial charge >= 0.3 is 0 Å². The molecule has 0 atom stereocenters. The summed E-state index contributed by atoms with van der Waals surface area (Å²) in [5, 5.41) is 0.925. The molecule has 1 aromatic heterocycles. The van der Waals surface area contributed by atoms with E-state index in [2.05, 4.69) is 4.98 Å². The summed E-state index contributed by atoms with van der Waals surface area (Å²) in [7, 11) is 3.40. The number of hydrogen-bond acceptors (Lipinski definition) is 8. The summed E-state index contributed by atoms with van der Waals surface area (Å²) in [4.78, 5) is 21.7. The molecule has 3 rings (SSSR count). The van der Waals surface area contributed by atoms with Crippen LogP contribution in [0.25, 0.3) is 10.2 Å². The number of benzene rings is 2. The van der Waals surface area contributed by atoms with Gasteiger partial charge in [0.05, 0.1) is 24.9 Å². The first-order chi connectivity index (χ1) is 16.2. The predicted octanol–water partition coefficient (Wildman–Crippen LogP) is 4.54. The van der Waals surface area contributed by atoms with Crippen LogP contribution in [0.3, 0.4) is 0 Å². The van der Waals surface area contributed by atoms with E-state index in [9.17, 15) is 13.2 Å². The number of halogens is 2. The fraction of sp³-hybridized carbons (Fsp3) is 0.391. The molecule has 0 saturated heterocycles. The number of sulfone groups is 1. The van der Waals surface area contributed by atoms with Crippen LogP contribution in [0.4, 0.5) is 5.13 Å². The zero-order chi connectivity index (χ0) is 24.9. The summed E-state index contributed by atoms with van der Waals surface area (Å²) < 4.78 is 37.2. The SMILES string of the molecule is COc1ccc(OC)c2sc(N(CCCN(C)C)C(=O)CCS(=O)(=O)c3ccc(Cl)cc3)nc12.Cl. The molecule has 35 heavy (non-hydrogen) atoms. The molecule has 0 N–H and O–H groups in total. The van der Waals surface area contributed by atoms with Crippen LogP contribution in [0.1, 0.15) is 12.8 Å². The third-order valence-corrected chi connectivity index (χ3v) is 8.25. The topological polar surface area (TPSA) is 89.0 Å². The number of hydrogen-bond donors (Lipinski definition) is 0. The van der Waals surface area contributed by atoms with Crippen LogP contribution in [-0.4, -0.2) is 71.4 Å². The van der Waals surface area contributed by atoms with E-state index in [1.807, 2.05) is 19.0 Å². The molecule has 0 aliphatic rings. The Bertz CT molecular complexity index is 1210. The fourth-order valence-electron chi connectivity index (χ4n) is 3.38. The van der Waals surface area contributed by atoms with Gasteiger partial charge in [-0.2, -0.15) is 0 Å². The molecule has 192 valence electrons. The number of ether oxygens (including phenoxy) is 2. The molecule has 0 bridgehead atoms. The number of carbonyl (C=O) groups excluding carboxylic acids is 1. The van der Waals surface area contributed by atoms with Gasteiger partial charge < -0.3 is 14.4 Å². The van der Waals surface area contributed by atoms with Crippen molar-refractivity contribution in [3.63, 3.8) is 0 Å². The Hall–Kier alpha value is -2.11. The van der Waals surface area contributed by atoms with E-state index in [4.69, 9.17) is 21.1 Å². The first-order valence-corrected chi connectivity index (χ1v) is 13.5. The first kappa shape index (κ1) is 29.1. The molecule has 0 aliphatic carbocycles. The second-order valence-electron chi connectivity index (χ2n) is 7.87. The Morgan fingerprint density at radius 1 is 1.03 bits per heavy atom. The Kier molecular flexibility index (Phi) is 10.6. The molecule has 0 aliphatic heterocycles. The second-order valence-corrected chi connectivity index (χ2v) is 11.4. The Morgan fingerprint density at radius 2 is 1.66 bits per heavy atom. The van der Waals surface area contributed by atoms with E-state index in [1.54, 1.807) is 31.3 Å². The van der Waals surface area contributed by atoms with Gasteiger partial charge in [0.15, 0.2) is 15.0 Å². The van der Waals surface area contributed by atoms with Crippen molar-refractivity contribution in [2.24, 2.45) is 0 Å². The fourth-order valence-corrected chi connectivity index (χ4v) is 5.85. The van der Waals surface area contributed by atoms with Crippen LogP contribution in [0, 0.1) is 0 Å². The maximum atomic E-state index is 13.3. The molecular weight excluding hydrogens is 533 g/mol. The number of carbonyl (C=O) groups is 1. The minimum atomic E-state index is -3.64. The average Bonchev–Trinajstić information content (AvgIpc) is 3.25. The van der Waals surface area contributed by atoms with Crippen molar-refractivity contribution in [1.82, 2.24) is 9.88 Å². The monoisotopic (exact) mass is 561 g/mol. The lowest BCUT2D eigenvalue weighted by Crippen LogP contribution is -2.34. The average molecular weight is 563 g/mol. The number of fused-ring (bicyclic) bond motifs is 1. The Labute approximate surface area is 221 Å². The number of nitrogens with zero attached hydrogens (tertiary/aromatic N) is 3. The van der Waals surface area contributed by atoms with Crippen LogP contribution in [-0.2, 0) is 14.6 Å². The molecule has 8 nitrogen and oxygen atoms in total. The van der Waals surface area contributed by atoms with Gasteiger partial charge in [-0.25, -0.2) is 13.4 Å². The number of anilines is 1. The van der Waals surface area contributed by atoms with E-state index in [0.29, 0.717) is 40.1 Å².